The molecule has 0 saturated carbocycles. The second-order valence-electron chi connectivity index (χ2n) is 9.44. The highest BCUT2D eigenvalue weighted by Crippen LogP contribution is 2.30. The van der Waals surface area contributed by atoms with Crippen LogP contribution >= 0.6 is 0 Å². The Balaban J connectivity index is 1.34. The number of hydrogen-bond acceptors (Lipinski definition) is 6. The Hall–Kier alpha value is -4.12. The standard InChI is InChI=1S/C29H29F3N2O6/c1-18-13-24(19(2)34(18)15-22-9-6-12-38-22)25(35)16-40-28(37)23-10-3-4-11-26(23)39-17-27(36)33-21-8-5-7-20(14-21)29(30,31)32/h3-5,7-8,10-11,13-14,22H,6,9,12,15-17H2,1-2H3,(H,33,36)/t22-/m0/s1. The minimum Gasteiger partial charge on any atom is -0.483 e. The van der Waals surface area contributed by atoms with Crippen molar-refractivity contribution >= 4 is 23.3 Å². The first-order valence-electron chi connectivity index (χ1n) is 12.7. The molecular formula is C29H29F3N2O6. The molecule has 11 heteroatoms. The van der Waals surface area contributed by atoms with Crippen molar-refractivity contribution in [2.75, 3.05) is 25.1 Å². The summed E-state index contributed by atoms with van der Waals surface area (Å²) in [4.78, 5) is 37.9. The van der Waals surface area contributed by atoms with Crippen molar-refractivity contribution in [2.45, 2.75) is 45.5 Å². The number of benzene rings is 2. The largest absolute Gasteiger partial charge is 0.483 e. The van der Waals surface area contributed by atoms with Crippen molar-refractivity contribution in [3.05, 3.63) is 82.7 Å². The fourth-order valence-electron chi connectivity index (χ4n) is 4.52. The van der Waals surface area contributed by atoms with Crippen molar-refractivity contribution in [2.24, 2.45) is 0 Å². The summed E-state index contributed by atoms with van der Waals surface area (Å²) in [5.41, 5.74) is 1.17. The number of Topliss-reactive ketones (excluding diaryl/α,β-unsaturated/α-hetero) is 1. The monoisotopic (exact) mass is 558 g/mol. The van der Waals surface area contributed by atoms with Gasteiger partial charge in [-0.1, -0.05) is 18.2 Å². The molecule has 0 spiro atoms. The lowest BCUT2D eigenvalue weighted by molar-refractivity contribution is -0.137. The summed E-state index contributed by atoms with van der Waals surface area (Å²) in [7, 11) is 0. The first-order chi connectivity index (χ1) is 19.0. The number of carbonyl (C=O) groups is 3. The van der Waals surface area contributed by atoms with Crippen molar-refractivity contribution < 1.29 is 41.8 Å². The van der Waals surface area contributed by atoms with Gasteiger partial charge in [-0.25, -0.2) is 4.79 Å². The smallest absolute Gasteiger partial charge is 0.416 e. The van der Waals surface area contributed by atoms with Crippen LogP contribution in [0.4, 0.5) is 18.9 Å². The van der Waals surface area contributed by atoms with E-state index in [-0.39, 0.29) is 28.9 Å². The Bertz CT molecular complexity index is 1390. The summed E-state index contributed by atoms with van der Waals surface area (Å²) >= 11 is 0. The molecule has 1 aliphatic heterocycles. The molecule has 3 aromatic rings. The highest BCUT2D eigenvalue weighted by Gasteiger charge is 2.30. The van der Waals surface area contributed by atoms with Gasteiger partial charge in [0.25, 0.3) is 5.91 Å². The second kappa shape index (κ2) is 12.4. The van der Waals surface area contributed by atoms with E-state index >= 15 is 0 Å². The van der Waals surface area contributed by atoms with Crippen molar-refractivity contribution in [1.29, 1.82) is 0 Å². The average molecular weight is 559 g/mol. The topological polar surface area (TPSA) is 95.9 Å². The number of alkyl halides is 3. The average Bonchev–Trinajstić information content (AvgIpc) is 3.54. The maximum Gasteiger partial charge on any atom is 0.416 e. The predicted molar refractivity (Wildman–Crippen MR) is 140 cm³/mol. The van der Waals surface area contributed by atoms with Gasteiger partial charge in [-0.2, -0.15) is 13.2 Å². The highest BCUT2D eigenvalue weighted by atomic mass is 19.4. The molecule has 0 bridgehead atoms. The van der Waals surface area contributed by atoms with E-state index < -0.39 is 36.8 Å². The van der Waals surface area contributed by atoms with Crippen molar-refractivity contribution in [3.8, 4) is 5.75 Å². The molecule has 0 radical (unpaired) electrons. The van der Waals surface area contributed by atoms with Crippen LogP contribution < -0.4 is 10.1 Å². The molecule has 2 heterocycles. The van der Waals surface area contributed by atoms with E-state index in [0.29, 0.717) is 12.1 Å². The number of hydrogen-bond donors (Lipinski definition) is 1. The Morgan fingerprint density at radius 2 is 1.80 bits per heavy atom. The van der Waals surface area contributed by atoms with Crippen LogP contribution in [0.2, 0.25) is 0 Å². The van der Waals surface area contributed by atoms with Crippen LogP contribution in [0.5, 0.6) is 5.75 Å². The van der Waals surface area contributed by atoms with Crippen LogP contribution in [0, 0.1) is 13.8 Å². The number of rotatable bonds is 10. The van der Waals surface area contributed by atoms with E-state index in [4.69, 9.17) is 14.2 Å². The maximum atomic E-state index is 12.9. The van der Waals surface area contributed by atoms with E-state index in [1.54, 1.807) is 18.2 Å². The van der Waals surface area contributed by atoms with Gasteiger partial charge in [0.15, 0.2) is 13.2 Å². The molecule has 4 rings (SSSR count). The molecule has 212 valence electrons. The number of amides is 1. The number of nitrogens with one attached hydrogen (secondary N) is 1. The number of carbonyl (C=O) groups excluding carboxylic acids is 3. The third-order valence-electron chi connectivity index (χ3n) is 6.56. The molecule has 0 aliphatic carbocycles. The van der Waals surface area contributed by atoms with Crippen LogP contribution in [-0.2, 0) is 27.0 Å². The van der Waals surface area contributed by atoms with Gasteiger partial charge in [0.1, 0.15) is 11.3 Å². The zero-order valence-electron chi connectivity index (χ0n) is 22.0. The van der Waals surface area contributed by atoms with E-state index in [1.165, 1.54) is 24.3 Å². The molecule has 8 nitrogen and oxygen atoms in total. The molecule has 1 saturated heterocycles. The number of aryl methyl sites for hydroxylation is 1. The van der Waals surface area contributed by atoms with E-state index in [2.05, 4.69) is 5.32 Å². The number of aromatic nitrogens is 1. The minimum absolute atomic E-state index is 0.00831. The van der Waals surface area contributed by atoms with Crippen LogP contribution in [-0.4, -0.2) is 48.2 Å². The SMILES string of the molecule is Cc1cc(C(=O)COC(=O)c2ccccc2OCC(=O)Nc2cccc(C(F)(F)F)c2)c(C)n1C[C@@H]1CCCO1. The maximum absolute atomic E-state index is 12.9. The second-order valence-corrected chi connectivity index (χ2v) is 9.44. The highest BCUT2D eigenvalue weighted by molar-refractivity contribution is 6.01. The third-order valence-corrected chi connectivity index (χ3v) is 6.56. The third kappa shape index (κ3) is 7.09. The lowest BCUT2D eigenvalue weighted by Gasteiger charge is -2.15. The summed E-state index contributed by atoms with van der Waals surface area (Å²) in [6, 6.07) is 11.9. The number of halogens is 3. The number of esters is 1. The van der Waals surface area contributed by atoms with Gasteiger partial charge >= 0.3 is 12.1 Å². The van der Waals surface area contributed by atoms with Crippen LogP contribution in [0.25, 0.3) is 0 Å². The van der Waals surface area contributed by atoms with Gasteiger partial charge in [-0.15, -0.1) is 0 Å². The zero-order valence-corrected chi connectivity index (χ0v) is 22.0. The first-order valence-corrected chi connectivity index (χ1v) is 12.7. The first kappa shape index (κ1) is 28.9. The molecule has 40 heavy (non-hydrogen) atoms. The normalized spacial score (nSPS) is 15.1. The number of ketones is 1. The number of para-hydroxylation sites is 1. The number of anilines is 1. The number of ether oxygens (including phenoxy) is 3. The Morgan fingerprint density at radius 1 is 1.02 bits per heavy atom. The van der Waals surface area contributed by atoms with Gasteiger partial charge in [0, 0.05) is 35.8 Å². The number of nitrogens with zero attached hydrogens (tertiary/aromatic N) is 1. The predicted octanol–water partition coefficient (Wildman–Crippen LogP) is 5.36. The fraction of sp³-hybridized carbons (Fsp3) is 0.345. The van der Waals surface area contributed by atoms with Crippen molar-refractivity contribution in [1.82, 2.24) is 4.57 Å². The van der Waals surface area contributed by atoms with E-state index in [0.717, 1.165) is 43.0 Å². The summed E-state index contributed by atoms with van der Waals surface area (Å²) in [5.74, 6) is -1.89. The molecule has 1 atom stereocenters. The Kier molecular flexibility index (Phi) is 8.93. The van der Waals surface area contributed by atoms with Gasteiger partial charge in [0.2, 0.25) is 5.78 Å². The summed E-state index contributed by atoms with van der Waals surface area (Å²) in [6.45, 7) is 4.06. The molecule has 2 aromatic carbocycles. The Labute approximate surface area is 229 Å². The van der Waals surface area contributed by atoms with Gasteiger partial charge in [-0.05, 0) is 63.1 Å². The fourth-order valence-corrected chi connectivity index (χ4v) is 4.52. The van der Waals surface area contributed by atoms with Crippen LogP contribution in [0.15, 0.2) is 54.6 Å². The van der Waals surface area contributed by atoms with E-state index in [9.17, 15) is 27.6 Å². The lowest BCUT2D eigenvalue weighted by atomic mass is 10.1. The summed E-state index contributed by atoms with van der Waals surface area (Å²) in [5, 5.41) is 2.33. The molecule has 1 aliphatic rings. The molecule has 1 fully saturated rings. The van der Waals surface area contributed by atoms with Gasteiger partial charge < -0.3 is 24.1 Å². The Morgan fingerprint density at radius 3 is 2.52 bits per heavy atom. The van der Waals surface area contributed by atoms with Gasteiger partial charge in [0.05, 0.1) is 11.7 Å². The molecular weight excluding hydrogens is 529 g/mol. The van der Waals surface area contributed by atoms with Crippen LogP contribution in [0.1, 0.15) is 50.5 Å². The summed E-state index contributed by atoms with van der Waals surface area (Å²) < 4.78 is 57.2. The quantitative estimate of drug-likeness (QED) is 0.266. The summed E-state index contributed by atoms with van der Waals surface area (Å²) in [6.07, 6.45) is -2.47. The van der Waals surface area contributed by atoms with Crippen LogP contribution in [0.3, 0.4) is 0 Å². The van der Waals surface area contributed by atoms with E-state index in [1.807, 2.05) is 18.4 Å². The molecule has 1 N–H and O–H groups in total. The zero-order chi connectivity index (χ0) is 28.9. The molecule has 1 amide bonds. The lowest BCUT2D eigenvalue weighted by Crippen LogP contribution is -2.22. The van der Waals surface area contributed by atoms with Gasteiger partial charge in [-0.3, -0.25) is 9.59 Å². The molecule has 1 aromatic heterocycles. The molecule has 0 unspecified atom stereocenters. The minimum atomic E-state index is -4.55. The van der Waals surface area contributed by atoms with Crippen molar-refractivity contribution in [3.63, 3.8) is 0 Å².